The third-order valence-corrected chi connectivity index (χ3v) is 2.72. The summed E-state index contributed by atoms with van der Waals surface area (Å²) in [7, 11) is 1.18. The Hall–Kier alpha value is -2.42. The number of rotatable bonds is 10. The van der Waals surface area contributed by atoms with Gasteiger partial charge in [0.05, 0.1) is 20.3 Å². The van der Waals surface area contributed by atoms with Gasteiger partial charge in [0.1, 0.15) is 0 Å². The van der Waals surface area contributed by atoms with Gasteiger partial charge in [0.15, 0.2) is 6.20 Å². The number of methoxy groups -OCH3 is 1. The fourth-order valence-corrected chi connectivity index (χ4v) is 1.67. The van der Waals surface area contributed by atoms with E-state index in [2.05, 4.69) is 6.58 Å². The van der Waals surface area contributed by atoms with Crippen LogP contribution in [0.15, 0.2) is 24.4 Å². The standard InChI is InChI=1S/C15H24N2O7/c1-6-10-24-13(12(17(20)21)14(18)23-7-2)16(15(19)22-5)9-8-11(3)4/h8-9,12-13H,3,6-7,10H2,1-2,4-5H3/p+1/b9-8-. The quantitative estimate of drug-likeness (QED) is 0.0935. The molecule has 0 spiro atoms. The minimum absolute atomic E-state index is 0.0226. The molecule has 0 aliphatic carbocycles. The van der Waals surface area contributed by atoms with Gasteiger partial charge in [-0.2, -0.15) is 0 Å². The molecule has 0 aliphatic rings. The Balaban J connectivity index is 6.01. The predicted molar refractivity (Wildman–Crippen MR) is 86.3 cm³/mol. The van der Waals surface area contributed by atoms with Crippen molar-refractivity contribution in [2.45, 2.75) is 39.5 Å². The molecule has 9 heteroatoms. The lowest BCUT2D eigenvalue weighted by Gasteiger charge is -2.16. The normalized spacial score (nSPS) is 14.7. The van der Waals surface area contributed by atoms with Crippen LogP contribution in [0.2, 0.25) is 0 Å². The van der Waals surface area contributed by atoms with Gasteiger partial charge in [-0.25, -0.2) is 4.79 Å². The maximum absolute atomic E-state index is 12.0. The second-order valence-electron chi connectivity index (χ2n) is 4.80. The van der Waals surface area contributed by atoms with Crippen molar-refractivity contribution in [1.29, 1.82) is 0 Å². The van der Waals surface area contributed by atoms with Gasteiger partial charge in [0.2, 0.25) is 0 Å². The first-order valence-corrected chi connectivity index (χ1v) is 7.43. The Kier molecular flexibility index (Phi) is 10.0. The summed E-state index contributed by atoms with van der Waals surface area (Å²) in [5.74, 6) is -1.07. The second kappa shape index (κ2) is 11.2. The SMILES string of the molecule is C=C(C)/C=C\[N+](=C(O)OC)C(OCCC)C(C(=O)OCC)[N+](=O)[O-]. The zero-order valence-corrected chi connectivity index (χ0v) is 14.4. The van der Waals surface area contributed by atoms with Crippen molar-refractivity contribution in [3.8, 4) is 0 Å². The molecule has 0 rings (SSSR count). The first-order chi connectivity index (χ1) is 11.3. The van der Waals surface area contributed by atoms with Gasteiger partial charge in [-0.3, -0.25) is 10.1 Å². The van der Waals surface area contributed by atoms with E-state index in [1.54, 1.807) is 13.8 Å². The molecule has 0 aromatic carbocycles. The number of nitrogens with zero attached hydrogens (tertiary/aromatic N) is 2. The first-order valence-electron chi connectivity index (χ1n) is 7.43. The number of aliphatic hydroxyl groups is 1. The van der Waals surface area contributed by atoms with Crippen LogP contribution in [0.25, 0.3) is 0 Å². The maximum atomic E-state index is 12.0. The first kappa shape index (κ1) is 21.6. The molecule has 0 aliphatic heterocycles. The zero-order valence-electron chi connectivity index (χ0n) is 14.4. The van der Waals surface area contributed by atoms with Crippen molar-refractivity contribution in [3.05, 3.63) is 34.5 Å². The third-order valence-electron chi connectivity index (χ3n) is 2.72. The van der Waals surface area contributed by atoms with Gasteiger partial charge in [-0.1, -0.05) is 23.7 Å². The number of aliphatic hydroxyl groups excluding tert-OH is 1. The Morgan fingerprint density at radius 3 is 2.46 bits per heavy atom. The lowest BCUT2D eigenvalue weighted by atomic mass is 10.2. The van der Waals surface area contributed by atoms with Crippen LogP contribution < -0.4 is 0 Å². The van der Waals surface area contributed by atoms with Gasteiger partial charge >= 0.3 is 24.3 Å². The molecule has 0 fully saturated rings. The number of nitro groups is 1. The number of allylic oxidation sites excluding steroid dienone is 2. The monoisotopic (exact) mass is 345 g/mol. The van der Waals surface area contributed by atoms with Gasteiger partial charge in [0.25, 0.3) is 0 Å². The highest BCUT2D eigenvalue weighted by atomic mass is 16.6. The average Bonchev–Trinajstić information content (AvgIpc) is 2.51. The van der Waals surface area contributed by atoms with Crippen molar-refractivity contribution in [3.63, 3.8) is 0 Å². The molecule has 0 saturated heterocycles. The molecule has 0 bridgehead atoms. The number of esters is 1. The second-order valence-corrected chi connectivity index (χ2v) is 4.80. The van der Waals surface area contributed by atoms with Gasteiger partial charge in [0, 0.05) is 11.0 Å². The van der Waals surface area contributed by atoms with Crippen LogP contribution in [0.3, 0.4) is 0 Å². The molecule has 1 N–H and O–H groups in total. The fraction of sp³-hybridized carbons (Fsp3) is 0.600. The molecule has 2 unspecified atom stereocenters. The summed E-state index contributed by atoms with van der Waals surface area (Å²) in [5, 5.41) is 21.3. The summed E-state index contributed by atoms with van der Waals surface area (Å²) in [6.07, 6.45) is 1.21. The largest absolute Gasteiger partial charge is 0.554 e. The van der Waals surface area contributed by atoms with E-state index in [-0.39, 0.29) is 13.2 Å². The van der Waals surface area contributed by atoms with E-state index in [0.717, 1.165) is 4.58 Å². The molecule has 0 heterocycles. The molecule has 0 saturated carbocycles. The van der Waals surface area contributed by atoms with Crippen molar-refractivity contribution < 1.29 is 33.6 Å². The smallest absolute Gasteiger partial charge is 0.461 e. The summed E-state index contributed by atoms with van der Waals surface area (Å²) < 4.78 is 15.9. The summed E-state index contributed by atoms with van der Waals surface area (Å²) in [4.78, 5) is 22.6. The van der Waals surface area contributed by atoms with Crippen LogP contribution >= 0.6 is 0 Å². The number of carbonyl (C=O) groups excluding carboxylic acids is 1. The number of ether oxygens (including phenoxy) is 3. The van der Waals surface area contributed by atoms with E-state index >= 15 is 0 Å². The predicted octanol–water partition coefficient (Wildman–Crippen LogP) is 1.61. The molecule has 0 aromatic rings. The maximum Gasteiger partial charge on any atom is 0.554 e. The molecule has 9 nitrogen and oxygen atoms in total. The Labute approximate surface area is 141 Å². The molecule has 2 atom stereocenters. The Bertz CT molecular complexity index is 514. The van der Waals surface area contributed by atoms with E-state index in [1.165, 1.54) is 26.3 Å². The Morgan fingerprint density at radius 2 is 2.04 bits per heavy atom. The number of carbonyl (C=O) groups is 1. The van der Waals surface area contributed by atoms with Crippen LogP contribution in [0, 0.1) is 10.1 Å². The van der Waals surface area contributed by atoms with Crippen molar-refractivity contribution in [1.82, 2.24) is 0 Å². The van der Waals surface area contributed by atoms with Crippen molar-refractivity contribution >= 4 is 12.1 Å². The van der Waals surface area contributed by atoms with Crippen LogP contribution in [0.1, 0.15) is 27.2 Å². The lowest BCUT2D eigenvalue weighted by Crippen LogP contribution is -2.50. The molecule has 24 heavy (non-hydrogen) atoms. The summed E-state index contributed by atoms with van der Waals surface area (Å²) in [6, 6.07) is -1.87. The highest BCUT2D eigenvalue weighted by Crippen LogP contribution is 2.11. The lowest BCUT2D eigenvalue weighted by molar-refractivity contribution is -0.642. The molecule has 0 radical (unpaired) electrons. The minimum Gasteiger partial charge on any atom is -0.461 e. The third kappa shape index (κ3) is 6.78. The fourth-order valence-electron chi connectivity index (χ4n) is 1.67. The molecular formula is C15H25N2O7+. The van der Waals surface area contributed by atoms with Gasteiger partial charge in [-0.05, 0) is 20.3 Å². The summed E-state index contributed by atoms with van der Waals surface area (Å²) in [6.45, 7) is 8.80. The van der Waals surface area contributed by atoms with Crippen LogP contribution in [-0.4, -0.2) is 59.3 Å². The van der Waals surface area contributed by atoms with E-state index in [0.29, 0.717) is 12.0 Å². The topological polar surface area (TPSA) is 111 Å². The average molecular weight is 345 g/mol. The zero-order chi connectivity index (χ0) is 18.7. The van der Waals surface area contributed by atoms with E-state index in [1.807, 2.05) is 0 Å². The van der Waals surface area contributed by atoms with E-state index < -0.39 is 29.2 Å². The molecule has 136 valence electrons. The van der Waals surface area contributed by atoms with Crippen LogP contribution in [0.5, 0.6) is 0 Å². The summed E-state index contributed by atoms with van der Waals surface area (Å²) >= 11 is 0. The molecule has 0 amide bonds. The van der Waals surface area contributed by atoms with Crippen LogP contribution in [-0.2, 0) is 19.0 Å². The van der Waals surface area contributed by atoms with Gasteiger partial charge in [-0.15, -0.1) is 0 Å². The number of hydrogen-bond donors (Lipinski definition) is 1. The van der Waals surface area contributed by atoms with Crippen molar-refractivity contribution in [2.24, 2.45) is 0 Å². The van der Waals surface area contributed by atoms with Crippen molar-refractivity contribution in [2.75, 3.05) is 20.3 Å². The highest BCUT2D eigenvalue weighted by molar-refractivity contribution is 5.75. The summed E-state index contributed by atoms with van der Waals surface area (Å²) in [5.41, 5.74) is 0.618. The number of hydrogen-bond acceptors (Lipinski definition) is 6. The van der Waals surface area contributed by atoms with Gasteiger partial charge < -0.3 is 19.3 Å². The van der Waals surface area contributed by atoms with E-state index in [9.17, 15) is 20.0 Å². The minimum atomic E-state index is -1.87. The Morgan fingerprint density at radius 1 is 1.42 bits per heavy atom. The van der Waals surface area contributed by atoms with Crippen LogP contribution in [0.4, 0.5) is 0 Å². The van der Waals surface area contributed by atoms with E-state index in [4.69, 9.17) is 14.2 Å². The molecular weight excluding hydrogens is 320 g/mol. The highest BCUT2D eigenvalue weighted by Gasteiger charge is 2.50. The molecule has 0 aromatic heterocycles.